The molecule has 1 amide bonds. The van der Waals surface area contributed by atoms with Gasteiger partial charge in [-0.05, 0) is 23.6 Å². The summed E-state index contributed by atoms with van der Waals surface area (Å²) in [7, 11) is 0. The molecule has 2 aliphatic rings. The van der Waals surface area contributed by atoms with Gasteiger partial charge in [-0.25, -0.2) is 0 Å². The number of rotatable bonds is 2. The van der Waals surface area contributed by atoms with E-state index in [4.69, 9.17) is 4.74 Å². The zero-order valence-electron chi connectivity index (χ0n) is 10.9. The molecule has 1 aromatic rings. The maximum Gasteiger partial charge on any atom is 0.227 e. The summed E-state index contributed by atoms with van der Waals surface area (Å²) in [5, 5.41) is 0. The Balaban J connectivity index is 1.67. The van der Waals surface area contributed by atoms with Gasteiger partial charge in [0.1, 0.15) is 5.75 Å². The van der Waals surface area contributed by atoms with Gasteiger partial charge in [-0.1, -0.05) is 12.1 Å². The number of carbonyl (C=O) groups is 2. The number of hydrogen-bond acceptors (Lipinski definition) is 3. The normalized spacial score (nSPS) is 18.1. The molecule has 1 aromatic carbocycles. The number of ether oxygens (including phenoxy) is 1. The zero-order valence-corrected chi connectivity index (χ0v) is 10.9. The first-order valence-corrected chi connectivity index (χ1v) is 6.76. The van der Waals surface area contributed by atoms with Gasteiger partial charge in [0.2, 0.25) is 5.91 Å². The molecule has 100 valence electrons. The average molecular weight is 259 g/mol. The minimum absolute atomic E-state index is 0.0481. The van der Waals surface area contributed by atoms with Gasteiger partial charge >= 0.3 is 0 Å². The monoisotopic (exact) mass is 259 g/mol. The lowest BCUT2D eigenvalue weighted by atomic mass is 10.0. The van der Waals surface area contributed by atoms with Gasteiger partial charge in [-0.3, -0.25) is 9.59 Å². The fourth-order valence-corrected chi connectivity index (χ4v) is 2.69. The van der Waals surface area contributed by atoms with Crippen molar-refractivity contribution in [1.29, 1.82) is 0 Å². The molecule has 4 nitrogen and oxygen atoms in total. The molecule has 0 spiro atoms. The average Bonchev–Trinajstić information content (AvgIpc) is 2.86. The molecule has 0 unspecified atom stereocenters. The number of nitrogens with zero attached hydrogens (tertiary/aromatic N) is 1. The largest absolute Gasteiger partial charge is 0.493 e. The van der Waals surface area contributed by atoms with Crippen molar-refractivity contribution >= 4 is 11.7 Å². The van der Waals surface area contributed by atoms with Crippen molar-refractivity contribution in [3.05, 3.63) is 29.3 Å². The van der Waals surface area contributed by atoms with Crippen molar-refractivity contribution in [2.24, 2.45) is 0 Å². The van der Waals surface area contributed by atoms with Crippen LogP contribution in [0.1, 0.15) is 24.0 Å². The maximum atomic E-state index is 12.2. The van der Waals surface area contributed by atoms with E-state index in [1.807, 2.05) is 18.2 Å². The molecule has 3 rings (SSSR count). The minimum Gasteiger partial charge on any atom is -0.493 e. The Kier molecular flexibility index (Phi) is 3.23. The van der Waals surface area contributed by atoms with Gasteiger partial charge in [0.15, 0.2) is 5.78 Å². The standard InChI is InChI=1S/C15H17NO3/c17-13-2-1-6-16(10-13)15(18)9-11-3-4-14-12(8-11)5-7-19-14/h3-4,8H,1-2,5-7,9-10H2. The number of ketones is 1. The molecular weight excluding hydrogens is 242 g/mol. The van der Waals surface area contributed by atoms with Crippen LogP contribution in [-0.2, 0) is 22.4 Å². The quantitative estimate of drug-likeness (QED) is 0.805. The van der Waals surface area contributed by atoms with E-state index in [0.717, 1.165) is 30.8 Å². The Hall–Kier alpha value is -1.84. The molecule has 0 bridgehead atoms. The topological polar surface area (TPSA) is 46.6 Å². The highest BCUT2D eigenvalue weighted by Gasteiger charge is 2.22. The number of hydrogen-bond donors (Lipinski definition) is 0. The van der Waals surface area contributed by atoms with Crippen molar-refractivity contribution in [2.75, 3.05) is 19.7 Å². The van der Waals surface area contributed by atoms with Crippen LogP contribution in [0, 0.1) is 0 Å². The second-order valence-electron chi connectivity index (χ2n) is 5.17. The number of Topliss-reactive ketones (excluding diaryl/α,β-unsaturated/α-hetero) is 1. The van der Waals surface area contributed by atoms with Gasteiger partial charge < -0.3 is 9.64 Å². The van der Waals surface area contributed by atoms with Gasteiger partial charge in [0.25, 0.3) is 0 Å². The van der Waals surface area contributed by atoms with Crippen molar-refractivity contribution in [3.63, 3.8) is 0 Å². The number of carbonyl (C=O) groups excluding carboxylic acids is 2. The van der Waals surface area contributed by atoms with Crippen molar-refractivity contribution in [2.45, 2.75) is 25.7 Å². The fraction of sp³-hybridized carbons (Fsp3) is 0.467. The molecule has 0 N–H and O–H groups in total. The van der Waals surface area contributed by atoms with E-state index >= 15 is 0 Å². The smallest absolute Gasteiger partial charge is 0.227 e. The highest BCUT2D eigenvalue weighted by molar-refractivity contribution is 5.88. The number of piperidine rings is 1. The van der Waals surface area contributed by atoms with Crippen LogP contribution in [0.2, 0.25) is 0 Å². The molecule has 1 fully saturated rings. The van der Waals surface area contributed by atoms with E-state index in [1.165, 1.54) is 5.56 Å². The summed E-state index contributed by atoms with van der Waals surface area (Å²) in [5.74, 6) is 1.15. The molecule has 2 aliphatic heterocycles. The summed E-state index contributed by atoms with van der Waals surface area (Å²) in [6.07, 6.45) is 2.70. The number of amides is 1. The highest BCUT2D eigenvalue weighted by Crippen LogP contribution is 2.26. The molecule has 19 heavy (non-hydrogen) atoms. The summed E-state index contributed by atoms with van der Waals surface area (Å²) in [6.45, 7) is 1.72. The van der Waals surface area contributed by atoms with Gasteiger partial charge in [-0.15, -0.1) is 0 Å². The third kappa shape index (κ3) is 2.62. The molecule has 0 atom stereocenters. The number of benzene rings is 1. The molecule has 0 aliphatic carbocycles. The van der Waals surface area contributed by atoms with Crippen LogP contribution in [0.15, 0.2) is 18.2 Å². The van der Waals surface area contributed by atoms with Crippen LogP contribution in [0.3, 0.4) is 0 Å². The Morgan fingerprint density at radius 1 is 1.32 bits per heavy atom. The van der Waals surface area contributed by atoms with E-state index in [1.54, 1.807) is 4.90 Å². The molecular formula is C15H17NO3. The van der Waals surface area contributed by atoms with Crippen molar-refractivity contribution in [1.82, 2.24) is 4.90 Å². The lowest BCUT2D eigenvalue weighted by molar-refractivity contribution is -0.137. The Morgan fingerprint density at radius 2 is 2.21 bits per heavy atom. The summed E-state index contributed by atoms with van der Waals surface area (Å²) < 4.78 is 5.45. The third-order valence-electron chi connectivity index (χ3n) is 3.71. The zero-order chi connectivity index (χ0) is 13.2. The van der Waals surface area contributed by atoms with Crippen molar-refractivity contribution in [3.8, 4) is 5.75 Å². The van der Waals surface area contributed by atoms with Gasteiger partial charge in [0.05, 0.1) is 19.6 Å². The summed E-state index contributed by atoms with van der Waals surface area (Å²) >= 11 is 0. The van der Waals surface area contributed by atoms with Crippen LogP contribution in [0.4, 0.5) is 0 Å². The first-order valence-electron chi connectivity index (χ1n) is 6.76. The van der Waals surface area contributed by atoms with Crippen LogP contribution in [-0.4, -0.2) is 36.3 Å². The predicted molar refractivity (Wildman–Crippen MR) is 70.2 cm³/mol. The molecule has 2 heterocycles. The Labute approximate surface area is 112 Å². The highest BCUT2D eigenvalue weighted by atomic mass is 16.5. The Morgan fingerprint density at radius 3 is 3.05 bits per heavy atom. The van der Waals surface area contributed by atoms with Crippen molar-refractivity contribution < 1.29 is 14.3 Å². The minimum atomic E-state index is 0.0481. The van der Waals surface area contributed by atoms with E-state index in [-0.39, 0.29) is 18.2 Å². The SMILES string of the molecule is O=C1CCCN(C(=O)Cc2ccc3c(c2)CCO3)C1. The van der Waals surface area contributed by atoms with E-state index in [9.17, 15) is 9.59 Å². The van der Waals surface area contributed by atoms with Gasteiger partial charge in [0, 0.05) is 19.4 Å². The number of fused-ring (bicyclic) bond motifs is 1. The maximum absolute atomic E-state index is 12.2. The van der Waals surface area contributed by atoms with Crippen LogP contribution < -0.4 is 4.74 Å². The molecule has 0 saturated carbocycles. The third-order valence-corrected chi connectivity index (χ3v) is 3.71. The summed E-state index contributed by atoms with van der Waals surface area (Å²) in [4.78, 5) is 25.2. The molecule has 0 radical (unpaired) electrons. The number of likely N-dealkylation sites (tertiary alicyclic amines) is 1. The molecule has 4 heteroatoms. The summed E-state index contributed by atoms with van der Waals surface area (Å²) in [6, 6.07) is 5.92. The predicted octanol–water partition coefficient (Wildman–Crippen LogP) is 1.36. The fourth-order valence-electron chi connectivity index (χ4n) is 2.69. The molecule has 0 aromatic heterocycles. The molecule has 1 saturated heterocycles. The van der Waals surface area contributed by atoms with E-state index < -0.39 is 0 Å². The lowest BCUT2D eigenvalue weighted by Crippen LogP contribution is -2.40. The second kappa shape index (κ2) is 5.03. The lowest BCUT2D eigenvalue weighted by Gasteiger charge is -2.25. The first kappa shape index (κ1) is 12.2. The van der Waals surface area contributed by atoms with Crippen LogP contribution >= 0.6 is 0 Å². The summed E-state index contributed by atoms with van der Waals surface area (Å²) in [5.41, 5.74) is 2.19. The van der Waals surface area contributed by atoms with Crippen LogP contribution in [0.5, 0.6) is 5.75 Å². The van der Waals surface area contributed by atoms with E-state index in [2.05, 4.69) is 0 Å². The Bertz CT molecular complexity index is 524. The first-order chi connectivity index (χ1) is 9.22. The van der Waals surface area contributed by atoms with Crippen LogP contribution in [0.25, 0.3) is 0 Å². The van der Waals surface area contributed by atoms with Gasteiger partial charge in [-0.2, -0.15) is 0 Å². The second-order valence-corrected chi connectivity index (χ2v) is 5.17. The van der Waals surface area contributed by atoms with E-state index in [0.29, 0.717) is 19.4 Å².